The summed E-state index contributed by atoms with van der Waals surface area (Å²) in [5.74, 6) is 0.852. The van der Waals surface area contributed by atoms with E-state index in [4.69, 9.17) is 11.6 Å². The maximum absolute atomic E-state index is 5.75. The zero-order chi connectivity index (χ0) is 10.7. The standard InChI is InChI=1S/C11H11ClN2S/c1-8-6-15-7-9(8)4-13-11-3-2-10(12)5-14-11/h2-3,5-7H,4H2,1H3,(H,13,14). The molecule has 0 aromatic carbocycles. The van der Waals surface area contributed by atoms with E-state index in [1.54, 1.807) is 17.5 Å². The van der Waals surface area contributed by atoms with Gasteiger partial charge in [0.2, 0.25) is 0 Å². The first kappa shape index (κ1) is 10.5. The second kappa shape index (κ2) is 4.64. The molecular weight excluding hydrogens is 228 g/mol. The van der Waals surface area contributed by atoms with Gasteiger partial charge in [-0.25, -0.2) is 4.98 Å². The molecule has 0 spiro atoms. The van der Waals surface area contributed by atoms with Crippen molar-refractivity contribution in [3.63, 3.8) is 0 Å². The maximum atomic E-state index is 5.75. The van der Waals surface area contributed by atoms with E-state index >= 15 is 0 Å². The molecule has 0 fully saturated rings. The molecule has 4 heteroatoms. The molecule has 0 aliphatic carbocycles. The predicted octanol–water partition coefficient (Wildman–Crippen LogP) is 3.72. The minimum atomic E-state index is 0.660. The second-order valence-electron chi connectivity index (χ2n) is 3.30. The SMILES string of the molecule is Cc1cscc1CNc1ccc(Cl)cn1. The van der Waals surface area contributed by atoms with Gasteiger partial charge in [0.1, 0.15) is 5.82 Å². The van der Waals surface area contributed by atoms with Crippen LogP contribution in [0.15, 0.2) is 29.1 Å². The first-order valence-electron chi connectivity index (χ1n) is 4.63. The predicted molar refractivity (Wildman–Crippen MR) is 65.6 cm³/mol. The Bertz CT molecular complexity index is 436. The topological polar surface area (TPSA) is 24.9 Å². The minimum Gasteiger partial charge on any atom is -0.366 e. The highest BCUT2D eigenvalue weighted by Crippen LogP contribution is 2.15. The fraction of sp³-hybridized carbons (Fsp3) is 0.182. The average molecular weight is 239 g/mol. The number of pyridine rings is 1. The van der Waals surface area contributed by atoms with Crippen molar-refractivity contribution in [2.75, 3.05) is 5.32 Å². The van der Waals surface area contributed by atoms with Crippen molar-refractivity contribution in [1.82, 2.24) is 4.98 Å². The number of halogens is 1. The fourth-order valence-corrected chi connectivity index (χ4v) is 2.20. The first-order chi connectivity index (χ1) is 7.25. The minimum absolute atomic E-state index is 0.660. The zero-order valence-electron chi connectivity index (χ0n) is 8.33. The molecule has 78 valence electrons. The van der Waals surface area contributed by atoms with E-state index in [1.807, 2.05) is 12.1 Å². The summed E-state index contributed by atoms with van der Waals surface area (Å²) in [6.07, 6.45) is 1.64. The van der Waals surface area contributed by atoms with Crippen molar-refractivity contribution in [2.24, 2.45) is 0 Å². The van der Waals surface area contributed by atoms with Crippen molar-refractivity contribution in [1.29, 1.82) is 0 Å². The molecule has 0 unspecified atom stereocenters. The Labute approximate surface area is 97.9 Å². The van der Waals surface area contributed by atoms with Gasteiger partial charge in [0, 0.05) is 12.7 Å². The highest BCUT2D eigenvalue weighted by molar-refractivity contribution is 7.08. The molecule has 1 N–H and O–H groups in total. The molecule has 2 rings (SSSR count). The van der Waals surface area contributed by atoms with Gasteiger partial charge in [-0.1, -0.05) is 11.6 Å². The van der Waals surface area contributed by atoms with Crippen molar-refractivity contribution < 1.29 is 0 Å². The van der Waals surface area contributed by atoms with Crippen molar-refractivity contribution in [3.8, 4) is 0 Å². The Hall–Kier alpha value is -1.06. The highest BCUT2D eigenvalue weighted by Gasteiger charge is 1.99. The summed E-state index contributed by atoms with van der Waals surface area (Å²) in [5, 5.41) is 8.21. The molecule has 0 bridgehead atoms. The normalized spacial score (nSPS) is 10.3. The molecule has 15 heavy (non-hydrogen) atoms. The van der Waals surface area contributed by atoms with Gasteiger partial charge >= 0.3 is 0 Å². The molecule has 2 aromatic rings. The molecule has 0 aliphatic rings. The van der Waals surface area contributed by atoms with Crippen LogP contribution in [0.4, 0.5) is 5.82 Å². The van der Waals surface area contributed by atoms with Crippen LogP contribution >= 0.6 is 22.9 Å². The van der Waals surface area contributed by atoms with Gasteiger partial charge in [0.25, 0.3) is 0 Å². The Morgan fingerprint density at radius 2 is 2.27 bits per heavy atom. The number of aryl methyl sites for hydroxylation is 1. The molecular formula is C11H11ClN2S. The lowest BCUT2D eigenvalue weighted by atomic mass is 10.2. The lowest BCUT2D eigenvalue weighted by Gasteiger charge is -2.04. The van der Waals surface area contributed by atoms with E-state index < -0.39 is 0 Å². The van der Waals surface area contributed by atoms with Crippen LogP contribution in [0.2, 0.25) is 5.02 Å². The van der Waals surface area contributed by atoms with Crippen molar-refractivity contribution >= 4 is 28.8 Å². The molecule has 2 heterocycles. The van der Waals surface area contributed by atoms with E-state index in [-0.39, 0.29) is 0 Å². The Morgan fingerprint density at radius 1 is 1.40 bits per heavy atom. The largest absolute Gasteiger partial charge is 0.366 e. The van der Waals surface area contributed by atoms with E-state index in [1.165, 1.54) is 11.1 Å². The lowest BCUT2D eigenvalue weighted by Crippen LogP contribution is -2.00. The number of nitrogens with one attached hydrogen (secondary N) is 1. The summed E-state index contributed by atoms with van der Waals surface area (Å²) in [6.45, 7) is 2.92. The summed E-state index contributed by atoms with van der Waals surface area (Å²) in [5.41, 5.74) is 2.64. The third-order valence-electron chi connectivity index (χ3n) is 2.15. The van der Waals surface area contributed by atoms with Crippen molar-refractivity contribution in [2.45, 2.75) is 13.5 Å². The van der Waals surface area contributed by atoms with E-state index in [0.29, 0.717) is 5.02 Å². The number of hydrogen-bond donors (Lipinski definition) is 1. The molecule has 0 saturated heterocycles. The van der Waals surface area contributed by atoms with Crippen LogP contribution in [0, 0.1) is 6.92 Å². The van der Waals surface area contributed by atoms with Gasteiger partial charge in [-0.2, -0.15) is 11.3 Å². The lowest BCUT2D eigenvalue weighted by molar-refractivity contribution is 1.10. The third kappa shape index (κ3) is 2.70. The zero-order valence-corrected chi connectivity index (χ0v) is 9.90. The quantitative estimate of drug-likeness (QED) is 0.882. The van der Waals surface area contributed by atoms with E-state index in [9.17, 15) is 0 Å². The van der Waals surface area contributed by atoms with Gasteiger partial charge < -0.3 is 5.32 Å². The van der Waals surface area contributed by atoms with Crippen LogP contribution in [0.1, 0.15) is 11.1 Å². The summed E-state index contributed by atoms with van der Waals surface area (Å²) in [7, 11) is 0. The molecule has 2 nitrogen and oxygen atoms in total. The Morgan fingerprint density at radius 3 is 2.87 bits per heavy atom. The fourth-order valence-electron chi connectivity index (χ4n) is 1.23. The Kier molecular flexibility index (Phi) is 3.23. The van der Waals surface area contributed by atoms with E-state index in [0.717, 1.165) is 12.4 Å². The van der Waals surface area contributed by atoms with Gasteiger partial charge in [0.15, 0.2) is 0 Å². The van der Waals surface area contributed by atoms with Crippen molar-refractivity contribution in [3.05, 3.63) is 45.2 Å². The molecule has 0 saturated carbocycles. The van der Waals surface area contributed by atoms with Crippen LogP contribution < -0.4 is 5.32 Å². The second-order valence-corrected chi connectivity index (χ2v) is 4.48. The molecule has 2 aromatic heterocycles. The summed E-state index contributed by atoms with van der Waals surface area (Å²) in [4.78, 5) is 4.17. The third-order valence-corrected chi connectivity index (χ3v) is 3.28. The number of nitrogens with zero attached hydrogens (tertiary/aromatic N) is 1. The number of thiophene rings is 1. The molecule has 0 atom stereocenters. The van der Waals surface area contributed by atoms with Gasteiger partial charge in [0.05, 0.1) is 5.02 Å². The van der Waals surface area contributed by atoms with Crippen LogP contribution in [-0.2, 0) is 6.54 Å². The van der Waals surface area contributed by atoms with Gasteiger partial charge in [-0.05, 0) is 40.9 Å². The van der Waals surface area contributed by atoms with E-state index in [2.05, 4.69) is 28.0 Å². The van der Waals surface area contributed by atoms with Crippen LogP contribution in [0.3, 0.4) is 0 Å². The van der Waals surface area contributed by atoms with Crippen LogP contribution in [0.5, 0.6) is 0 Å². The average Bonchev–Trinajstić information content (AvgIpc) is 2.63. The van der Waals surface area contributed by atoms with Gasteiger partial charge in [-0.3, -0.25) is 0 Å². The number of hydrogen-bond acceptors (Lipinski definition) is 3. The first-order valence-corrected chi connectivity index (χ1v) is 5.95. The number of anilines is 1. The molecule has 0 aliphatic heterocycles. The molecule has 0 amide bonds. The van der Waals surface area contributed by atoms with Crippen LogP contribution in [-0.4, -0.2) is 4.98 Å². The summed E-state index contributed by atoms with van der Waals surface area (Å²) >= 11 is 7.47. The summed E-state index contributed by atoms with van der Waals surface area (Å²) < 4.78 is 0. The number of rotatable bonds is 3. The smallest absolute Gasteiger partial charge is 0.126 e. The van der Waals surface area contributed by atoms with Gasteiger partial charge in [-0.15, -0.1) is 0 Å². The number of aromatic nitrogens is 1. The monoisotopic (exact) mass is 238 g/mol. The maximum Gasteiger partial charge on any atom is 0.126 e. The van der Waals surface area contributed by atoms with Crippen LogP contribution in [0.25, 0.3) is 0 Å². The highest BCUT2D eigenvalue weighted by atomic mass is 35.5. The Balaban J connectivity index is 1.99. The molecule has 0 radical (unpaired) electrons. The summed E-state index contributed by atoms with van der Waals surface area (Å²) in [6, 6.07) is 3.71.